The number of hydrogen-bond acceptors (Lipinski definition) is 2. The van der Waals surface area contributed by atoms with Crippen LogP contribution < -0.4 is 4.74 Å². The highest BCUT2D eigenvalue weighted by Crippen LogP contribution is 2.12. The number of benzene rings is 1. The monoisotopic (exact) mass is 211 g/mol. The molecule has 0 aliphatic heterocycles. The van der Waals surface area contributed by atoms with Crippen molar-refractivity contribution < 1.29 is 4.74 Å². The third-order valence-corrected chi connectivity index (χ3v) is 1.48. The number of hydrogen-bond donors (Lipinski definition) is 0. The van der Waals surface area contributed by atoms with Gasteiger partial charge in [0.25, 0.3) is 0 Å². The lowest BCUT2D eigenvalue weighted by Crippen LogP contribution is -2.03. The molecule has 1 aromatic carbocycles. The predicted octanol–water partition coefficient (Wildman–Crippen LogP) is 2.31. The van der Waals surface area contributed by atoms with Crippen molar-refractivity contribution in [2.75, 3.05) is 0 Å². The number of alkyl halides is 1. The molecule has 1 rings (SSSR count). The van der Waals surface area contributed by atoms with Crippen molar-refractivity contribution >= 4 is 15.9 Å². The lowest BCUT2D eigenvalue weighted by atomic mass is 10.3. The van der Waals surface area contributed by atoms with Crippen LogP contribution in [0.25, 0.3) is 0 Å². The molecule has 11 heavy (non-hydrogen) atoms. The van der Waals surface area contributed by atoms with E-state index < -0.39 is 5.01 Å². The first-order valence-corrected chi connectivity index (χ1v) is 4.00. The summed E-state index contributed by atoms with van der Waals surface area (Å²) in [6, 6.07) is 11.1. The van der Waals surface area contributed by atoms with E-state index >= 15 is 0 Å². The Morgan fingerprint density at radius 3 is 2.55 bits per heavy atom. The minimum Gasteiger partial charge on any atom is -0.465 e. The van der Waals surface area contributed by atoms with Gasteiger partial charge in [-0.1, -0.05) is 18.2 Å². The van der Waals surface area contributed by atoms with Crippen molar-refractivity contribution in [2.45, 2.75) is 5.01 Å². The molecule has 3 heteroatoms. The molecule has 0 spiro atoms. The molecule has 0 fully saturated rings. The van der Waals surface area contributed by atoms with E-state index in [9.17, 15) is 0 Å². The van der Waals surface area contributed by atoms with Gasteiger partial charge < -0.3 is 4.74 Å². The Balaban J connectivity index is 2.60. The summed E-state index contributed by atoms with van der Waals surface area (Å²) in [5, 5.41) is 7.81. The van der Waals surface area contributed by atoms with E-state index in [4.69, 9.17) is 10.00 Å². The largest absolute Gasteiger partial charge is 0.465 e. The molecule has 0 aliphatic carbocycles. The molecule has 0 bridgehead atoms. The molecule has 1 aromatic rings. The second kappa shape index (κ2) is 3.99. The lowest BCUT2D eigenvalue weighted by Gasteiger charge is -2.04. The molecule has 1 atom stereocenters. The fourth-order valence-corrected chi connectivity index (χ4v) is 0.861. The molecule has 0 aromatic heterocycles. The Labute approximate surface area is 73.5 Å². The van der Waals surface area contributed by atoms with E-state index in [1.165, 1.54) is 0 Å². The lowest BCUT2D eigenvalue weighted by molar-refractivity contribution is 0.344. The van der Waals surface area contributed by atoms with Gasteiger partial charge in [0, 0.05) is 0 Å². The van der Waals surface area contributed by atoms with Crippen molar-refractivity contribution in [1.29, 1.82) is 5.26 Å². The molecular formula is C8H6BrNO. The smallest absolute Gasteiger partial charge is 0.238 e. The normalized spacial score (nSPS) is 11.6. The maximum absolute atomic E-state index is 8.37. The van der Waals surface area contributed by atoms with Crippen molar-refractivity contribution in [1.82, 2.24) is 0 Å². The van der Waals surface area contributed by atoms with Gasteiger partial charge in [-0.25, -0.2) is 0 Å². The maximum Gasteiger partial charge on any atom is 0.238 e. The van der Waals surface area contributed by atoms with E-state index in [2.05, 4.69) is 15.9 Å². The molecule has 0 radical (unpaired) electrons. The fourth-order valence-electron chi connectivity index (χ4n) is 0.645. The van der Waals surface area contributed by atoms with Gasteiger partial charge in [0.2, 0.25) is 5.01 Å². The predicted molar refractivity (Wildman–Crippen MR) is 45.4 cm³/mol. The van der Waals surface area contributed by atoms with Gasteiger partial charge in [-0.2, -0.15) is 5.26 Å². The van der Waals surface area contributed by atoms with Gasteiger partial charge in [0.1, 0.15) is 11.8 Å². The summed E-state index contributed by atoms with van der Waals surface area (Å²) in [5.41, 5.74) is 0. The average molecular weight is 212 g/mol. The van der Waals surface area contributed by atoms with Gasteiger partial charge in [0.15, 0.2) is 0 Å². The van der Waals surface area contributed by atoms with Crippen LogP contribution >= 0.6 is 15.9 Å². The van der Waals surface area contributed by atoms with Crippen molar-refractivity contribution in [3.63, 3.8) is 0 Å². The zero-order chi connectivity index (χ0) is 8.10. The Bertz CT molecular complexity index is 255. The molecular weight excluding hydrogens is 206 g/mol. The van der Waals surface area contributed by atoms with Crippen LogP contribution in [0.3, 0.4) is 0 Å². The molecule has 2 nitrogen and oxygen atoms in total. The second-order valence-electron chi connectivity index (χ2n) is 1.88. The quantitative estimate of drug-likeness (QED) is 0.704. The van der Waals surface area contributed by atoms with Crippen LogP contribution in [0, 0.1) is 11.3 Å². The minimum absolute atomic E-state index is 0.565. The van der Waals surface area contributed by atoms with Crippen LogP contribution in [0.1, 0.15) is 0 Å². The third kappa shape index (κ3) is 2.60. The van der Waals surface area contributed by atoms with E-state index in [-0.39, 0.29) is 0 Å². The summed E-state index contributed by atoms with van der Waals surface area (Å²) in [4.78, 5) is 0. The Morgan fingerprint density at radius 2 is 2.00 bits per heavy atom. The Kier molecular flexibility index (Phi) is 2.94. The summed E-state index contributed by atoms with van der Waals surface area (Å²) in [5.74, 6) is 0.691. The second-order valence-corrected chi connectivity index (χ2v) is 2.71. The van der Waals surface area contributed by atoms with Crippen LogP contribution in [0.15, 0.2) is 30.3 Å². The highest BCUT2D eigenvalue weighted by atomic mass is 79.9. The number of ether oxygens (including phenoxy) is 1. The summed E-state index contributed by atoms with van der Waals surface area (Å²) < 4.78 is 5.12. The van der Waals surface area contributed by atoms with E-state index in [1.807, 2.05) is 24.3 Å². The Hall–Kier alpha value is -1.01. The molecule has 0 saturated heterocycles. The van der Waals surface area contributed by atoms with Crippen LogP contribution in [0.2, 0.25) is 0 Å². The van der Waals surface area contributed by atoms with Crippen LogP contribution in [0.4, 0.5) is 0 Å². The number of nitriles is 1. The molecule has 0 aliphatic rings. The average Bonchev–Trinajstić information content (AvgIpc) is 2.06. The topological polar surface area (TPSA) is 33.0 Å². The van der Waals surface area contributed by atoms with Gasteiger partial charge in [-0.3, -0.25) is 0 Å². The molecule has 1 unspecified atom stereocenters. The highest BCUT2D eigenvalue weighted by molar-refractivity contribution is 9.09. The van der Waals surface area contributed by atoms with Crippen LogP contribution in [0.5, 0.6) is 5.75 Å². The third-order valence-electron chi connectivity index (χ3n) is 1.08. The maximum atomic E-state index is 8.37. The van der Waals surface area contributed by atoms with Crippen molar-refractivity contribution in [2.24, 2.45) is 0 Å². The molecule has 0 N–H and O–H groups in total. The summed E-state index contributed by atoms with van der Waals surface area (Å²) in [7, 11) is 0. The highest BCUT2D eigenvalue weighted by Gasteiger charge is 2.00. The first-order chi connectivity index (χ1) is 5.33. The zero-order valence-corrected chi connectivity index (χ0v) is 7.28. The first-order valence-electron chi connectivity index (χ1n) is 3.08. The standard InChI is InChI=1S/C8H6BrNO/c9-8(6-10)11-7-4-2-1-3-5-7/h1-5,8H. The number of halogens is 1. The minimum atomic E-state index is -0.565. The van der Waals surface area contributed by atoms with E-state index in [0.717, 1.165) is 0 Å². The number of para-hydroxylation sites is 1. The van der Waals surface area contributed by atoms with E-state index in [1.54, 1.807) is 12.1 Å². The van der Waals surface area contributed by atoms with Crippen molar-refractivity contribution in [3.8, 4) is 11.8 Å². The van der Waals surface area contributed by atoms with E-state index in [0.29, 0.717) is 5.75 Å². The molecule has 0 saturated carbocycles. The van der Waals surface area contributed by atoms with Gasteiger partial charge in [-0.05, 0) is 28.1 Å². The zero-order valence-electron chi connectivity index (χ0n) is 5.70. The van der Waals surface area contributed by atoms with Crippen LogP contribution in [-0.2, 0) is 0 Å². The molecule has 56 valence electrons. The summed E-state index contributed by atoms with van der Waals surface area (Å²) >= 11 is 3.03. The summed E-state index contributed by atoms with van der Waals surface area (Å²) in [6.07, 6.45) is 0. The van der Waals surface area contributed by atoms with Crippen molar-refractivity contribution in [3.05, 3.63) is 30.3 Å². The first kappa shape index (κ1) is 8.09. The number of rotatable bonds is 2. The van der Waals surface area contributed by atoms with Gasteiger partial charge >= 0.3 is 0 Å². The Morgan fingerprint density at radius 1 is 1.36 bits per heavy atom. The van der Waals surface area contributed by atoms with Gasteiger partial charge in [0.05, 0.1) is 0 Å². The van der Waals surface area contributed by atoms with Crippen LogP contribution in [-0.4, -0.2) is 5.01 Å². The SMILES string of the molecule is N#CC(Br)Oc1ccccc1. The molecule has 0 heterocycles. The summed E-state index contributed by atoms with van der Waals surface area (Å²) in [6.45, 7) is 0. The molecule has 0 amide bonds. The fraction of sp³-hybridized carbons (Fsp3) is 0.125. The number of nitrogens with zero attached hydrogens (tertiary/aromatic N) is 1. The van der Waals surface area contributed by atoms with Gasteiger partial charge in [-0.15, -0.1) is 0 Å².